The first-order valence-corrected chi connectivity index (χ1v) is 6.43. The zero-order chi connectivity index (χ0) is 12.3. The van der Waals surface area contributed by atoms with E-state index in [1.54, 1.807) is 6.07 Å². The van der Waals surface area contributed by atoms with E-state index in [-0.39, 0.29) is 11.9 Å². The number of benzene rings is 1. The summed E-state index contributed by atoms with van der Waals surface area (Å²) >= 11 is 0. The van der Waals surface area contributed by atoms with Crippen LogP contribution in [0.1, 0.15) is 49.3 Å². The summed E-state index contributed by atoms with van der Waals surface area (Å²) in [6.45, 7) is 2.01. The van der Waals surface area contributed by atoms with Crippen LogP contribution in [-0.2, 0) is 0 Å². The topological polar surface area (TPSA) is 38.0 Å². The van der Waals surface area contributed by atoms with E-state index in [9.17, 15) is 4.39 Å². The van der Waals surface area contributed by atoms with Gasteiger partial charge in [-0.05, 0) is 42.5 Å². The van der Waals surface area contributed by atoms with Gasteiger partial charge in [-0.15, -0.1) is 0 Å². The fourth-order valence-corrected chi connectivity index (χ4v) is 2.85. The molecule has 1 aromatic carbocycles. The molecule has 0 amide bonds. The van der Waals surface area contributed by atoms with Gasteiger partial charge in [0.25, 0.3) is 0 Å². The average molecular weight is 236 g/mol. The van der Waals surface area contributed by atoms with Crippen molar-refractivity contribution in [3.63, 3.8) is 0 Å². The Morgan fingerprint density at radius 2 is 2.12 bits per heavy atom. The number of hydrogen-bond donors (Lipinski definition) is 2. The highest BCUT2D eigenvalue weighted by atomic mass is 19.1. The Morgan fingerprint density at radius 3 is 2.76 bits per heavy atom. The van der Waals surface area contributed by atoms with Gasteiger partial charge in [0.15, 0.2) is 0 Å². The number of hydrazine groups is 1. The first-order valence-electron chi connectivity index (χ1n) is 6.43. The molecule has 3 N–H and O–H groups in total. The van der Waals surface area contributed by atoms with Gasteiger partial charge in [-0.3, -0.25) is 11.3 Å². The van der Waals surface area contributed by atoms with Crippen LogP contribution < -0.4 is 11.3 Å². The van der Waals surface area contributed by atoms with E-state index in [1.807, 2.05) is 13.0 Å². The van der Waals surface area contributed by atoms with Gasteiger partial charge in [-0.25, -0.2) is 4.39 Å². The minimum atomic E-state index is -0.183. The SMILES string of the molecule is Cc1ccc(F)cc1C(CC1CCCC1)NN. The van der Waals surface area contributed by atoms with Gasteiger partial charge in [0.2, 0.25) is 0 Å². The molecule has 0 heterocycles. The Morgan fingerprint density at radius 1 is 1.41 bits per heavy atom. The maximum atomic E-state index is 13.3. The molecule has 0 aromatic heterocycles. The van der Waals surface area contributed by atoms with E-state index in [0.717, 1.165) is 23.5 Å². The van der Waals surface area contributed by atoms with Gasteiger partial charge in [-0.2, -0.15) is 0 Å². The van der Waals surface area contributed by atoms with Crippen LogP contribution in [0.5, 0.6) is 0 Å². The second-order valence-electron chi connectivity index (χ2n) is 5.11. The van der Waals surface area contributed by atoms with Gasteiger partial charge in [-0.1, -0.05) is 31.7 Å². The second kappa shape index (κ2) is 5.61. The predicted octanol–water partition coefficient (Wildman–Crippen LogP) is 3.22. The molecule has 1 saturated carbocycles. The summed E-state index contributed by atoms with van der Waals surface area (Å²) in [5, 5.41) is 0. The van der Waals surface area contributed by atoms with Crippen molar-refractivity contribution in [2.45, 2.75) is 45.1 Å². The molecule has 0 aliphatic heterocycles. The fraction of sp³-hybridized carbons (Fsp3) is 0.571. The monoisotopic (exact) mass is 236 g/mol. The molecule has 3 heteroatoms. The second-order valence-corrected chi connectivity index (χ2v) is 5.11. The molecule has 1 aliphatic carbocycles. The molecular formula is C14H21FN2. The summed E-state index contributed by atoms with van der Waals surface area (Å²) in [6.07, 6.45) is 6.23. The Hall–Kier alpha value is -0.930. The van der Waals surface area contributed by atoms with Crippen LogP contribution in [0.4, 0.5) is 4.39 Å². The van der Waals surface area contributed by atoms with Crippen molar-refractivity contribution in [1.82, 2.24) is 5.43 Å². The number of nitrogens with two attached hydrogens (primary N) is 1. The average Bonchev–Trinajstić information content (AvgIpc) is 2.82. The highest BCUT2D eigenvalue weighted by Gasteiger charge is 2.21. The van der Waals surface area contributed by atoms with Crippen molar-refractivity contribution >= 4 is 0 Å². The lowest BCUT2D eigenvalue weighted by molar-refractivity contribution is 0.398. The van der Waals surface area contributed by atoms with E-state index in [0.29, 0.717) is 0 Å². The Labute approximate surface area is 102 Å². The van der Waals surface area contributed by atoms with Gasteiger partial charge in [0.05, 0.1) is 0 Å². The largest absolute Gasteiger partial charge is 0.271 e. The van der Waals surface area contributed by atoms with E-state index >= 15 is 0 Å². The first-order chi connectivity index (χ1) is 8.20. The van der Waals surface area contributed by atoms with E-state index in [2.05, 4.69) is 5.43 Å². The minimum absolute atomic E-state index is 0.0776. The number of nitrogens with one attached hydrogen (secondary N) is 1. The van der Waals surface area contributed by atoms with E-state index in [1.165, 1.54) is 31.7 Å². The van der Waals surface area contributed by atoms with Crippen LogP contribution in [0.15, 0.2) is 18.2 Å². The fourth-order valence-electron chi connectivity index (χ4n) is 2.85. The Balaban J connectivity index is 2.13. The molecule has 0 saturated heterocycles. The third-order valence-electron chi connectivity index (χ3n) is 3.86. The summed E-state index contributed by atoms with van der Waals surface area (Å²) in [5.41, 5.74) is 4.95. The number of hydrogen-bond acceptors (Lipinski definition) is 2. The molecule has 2 rings (SSSR count). The van der Waals surface area contributed by atoms with Crippen molar-refractivity contribution in [2.75, 3.05) is 0 Å². The minimum Gasteiger partial charge on any atom is -0.271 e. The van der Waals surface area contributed by atoms with Crippen LogP contribution in [0.2, 0.25) is 0 Å². The third-order valence-corrected chi connectivity index (χ3v) is 3.86. The highest BCUT2D eigenvalue weighted by molar-refractivity contribution is 5.29. The Bertz CT molecular complexity index is 372. The summed E-state index contributed by atoms with van der Waals surface area (Å²) < 4.78 is 13.3. The van der Waals surface area contributed by atoms with Crippen LogP contribution in [0.25, 0.3) is 0 Å². The lowest BCUT2D eigenvalue weighted by Crippen LogP contribution is -2.30. The molecule has 0 radical (unpaired) electrons. The highest BCUT2D eigenvalue weighted by Crippen LogP contribution is 2.33. The summed E-state index contributed by atoms with van der Waals surface area (Å²) in [7, 11) is 0. The van der Waals surface area contributed by atoms with Gasteiger partial charge >= 0.3 is 0 Å². The van der Waals surface area contributed by atoms with Crippen LogP contribution in [-0.4, -0.2) is 0 Å². The molecule has 1 aromatic rings. The lowest BCUT2D eigenvalue weighted by Gasteiger charge is -2.22. The van der Waals surface area contributed by atoms with Crippen LogP contribution in [0.3, 0.4) is 0 Å². The van der Waals surface area contributed by atoms with Gasteiger partial charge in [0.1, 0.15) is 5.82 Å². The van der Waals surface area contributed by atoms with Crippen molar-refractivity contribution < 1.29 is 4.39 Å². The molecule has 1 atom stereocenters. The summed E-state index contributed by atoms with van der Waals surface area (Å²) in [4.78, 5) is 0. The lowest BCUT2D eigenvalue weighted by atomic mass is 9.91. The quantitative estimate of drug-likeness (QED) is 0.622. The van der Waals surface area contributed by atoms with Crippen molar-refractivity contribution in [2.24, 2.45) is 11.8 Å². The van der Waals surface area contributed by atoms with Gasteiger partial charge < -0.3 is 0 Å². The van der Waals surface area contributed by atoms with Crippen molar-refractivity contribution in [3.8, 4) is 0 Å². The van der Waals surface area contributed by atoms with Gasteiger partial charge in [0, 0.05) is 6.04 Å². The molecule has 94 valence electrons. The standard InChI is InChI=1S/C14H21FN2/c1-10-6-7-12(15)9-13(10)14(17-16)8-11-4-2-3-5-11/h6-7,9,11,14,17H,2-5,8,16H2,1H3. The van der Waals surface area contributed by atoms with Crippen molar-refractivity contribution in [3.05, 3.63) is 35.1 Å². The smallest absolute Gasteiger partial charge is 0.123 e. The Kier molecular flexibility index (Phi) is 4.13. The molecule has 0 spiro atoms. The van der Waals surface area contributed by atoms with Crippen LogP contribution >= 0.6 is 0 Å². The van der Waals surface area contributed by atoms with E-state index in [4.69, 9.17) is 5.84 Å². The number of halogens is 1. The molecule has 1 aliphatic rings. The first kappa shape index (κ1) is 12.5. The molecule has 0 bridgehead atoms. The molecule has 17 heavy (non-hydrogen) atoms. The van der Waals surface area contributed by atoms with Crippen molar-refractivity contribution in [1.29, 1.82) is 0 Å². The zero-order valence-corrected chi connectivity index (χ0v) is 10.4. The predicted molar refractivity (Wildman–Crippen MR) is 67.8 cm³/mol. The summed E-state index contributed by atoms with van der Waals surface area (Å²) in [5.74, 6) is 6.18. The maximum Gasteiger partial charge on any atom is 0.123 e. The van der Waals surface area contributed by atoms with Crippen LogP contribution in [0, 0.1) is 18.7 Å². The molecule has 2 nitrogen and oxygen atoms in total. The normalized spacial score (nSPS) is 18.5. The van der Waals surface area contributed by atoms with E-state index < -0.39 is 0 Å². The molecule has 1 unspecified atom stereocenters. The number of rotatable bonds is 4. The zero-order valence-electron chi connectivity index (χ0n) is 10.4. The third kappa shape index (κ3) is 3.05. The number of aryl methyl sites for hydroxylation is 1. The molecule has 1 fully saturated rings. The summed E-state index contributed by atoms with van der Waals surface area (Å²) in [6, 6.07) is 5.01. The molecular weight excluding hydrogens is 215 g/mol. The maximum absolute atomic E-state index is 13.3.